The average molecular weight is 261 g/mol. The number of benzene rings is 1. The third kappa shape index (κ3) is 2.76. The number of nitrogens with one attached hydrogen (secondary N) is 1. The first-order chi connectivity index (χ1) is 9.02. The van der Waals surface area contributed by atoms with Gasteiger partial charge in [0.1, 0.15) is 12.4 Å². The number of aryl methyl sites for hydroxylation is 2. The maximum Gasteiger partial charge on any atom is 0.323 e. The number of carboxylic acids is 1. The highest BCUT2D eigenvalue weighted by Crippen LogP contribution is 2.21. The van der Waals surface area contributed by atoms with Gasteiger partial charge in [0.2, 0.25) is 0 Å². The lowest BCUT2D eigenvalue weighted by Crippen LogP contribution is -2.17. The predicted octanol–water partition coefficient (Wildman–Crippen LogP) is 1.50. The highest BCUT2D eigenvalue weighted by Gasteiger charge is 2.13. The second-order valence-corrected chi connectivity index (χ2v) is 4.79. The van der Waals surface area contributed by atoms with Crippen molar-refractivity contribution >= 4 is 17.0 Å². The molecule has 5 heteroatoms. The molecule has 0 bridgehead atoms. The largest absolute Gasteiger partial charge is 0.480 e. The first kappa shape index (κ1) is 13.5. The van der Waals surface area contributed by atoms with Gasteiger partial charge in [0.05, 0.1) is 11.0 Å². The molecule has 0 unspecified atom stereocenters. The molecule has 102 valence electrons. The van der Waals surface area contributed by atoms with Crippen molar-refractivity contribution in [1.29, 1.82) is 0 Å². The van der Waals surface area contributed by atoms with Gasteiger partial charge in [-0.1, -0.05) is 0 Å². The smallest absolute Gasteiger partial charge is 0.323 e. The molecule has 2 N–H and O–H groups in total. The molecule has 19 heavy (non-hydrogen) atoms. The van der Waals surface area contributed by atoms with E-state index in [0.29, 0.717) is 0 Å². The predicted molar refractivity (Wildman–Crippen MR) is 74.5 cm³/mol. The van der Waals surface area contributed by atoms with Crippen LogP contribution in [0.4, 0.5) is 0 Å². The second-order valence-electron chi connectivity index (χ2n) is 4.79. The maximum atomic E-state index is 11.0. The summed E-state index contributed by atoms with van der Waals surface area (Å²) < 4.78 is 1.79. The minimum absolute atomic E-state index is 0.0436. The van der Waals surface area contributed by atoms with Crippen LogP contribution in [-0.2, 0) is 17.8 Å². The van der Waals surface area contributed by atoms with Crippen LogP contribution in [0.25, 0.3) is 11.0 Å². The van der Waals surface area contributed by atoms with Crippen molar-refractivity contribution in [3.05, 3.63) is 29.1 Å². The first-order valence-electron chi connectivity index (χ1n) is 6.35. The Morgan fingerprint density at radius 1 is 1.37 bits per heavy atom. The van der Waals surface area contributed by atoms with Gasteiger partial charge in [-0.05, 0) is 44.2 Å². The molecule has 1 aromatic carbocycles. The van der Waals surface area contributed by atoms with Crippen molar-refractivity contribution in [2.45, 2.75) is 26.8 Å². The summed E-state index contributed by atoms with van der Waals surface area (Å²) in [6, 6.07) is 4.04. The van der Waals surface area contributed by atoms with Gasteiger partial charge >= 0.3 is 5.97 Å². The number of carboxylic acid groups (broad SMARTS) is 1. The second kappa shape index (κ2) is 5.40. The topological polar surface area (TPSA) is 67.2 Å². The monoisotopic (exact) mass is 261 g/mol. The number of hydrogen-bond acceptors (Lipinski definition) is 3. The normalized spacial score (nSPS) is 11.1. The van der Waals surface area contributed by atoms with E-state index >= 15 is 0 Å². The molecule has 0 atom stereocenters. The molecule has 0 aliphatic heterocycles. The number of carbonyl (C=O) groups is 1. The van der Waals surface area contributed by atoms with Crippen molar-refractivity contribution in [1.82, 2.24) is 14.9 Å². The van der Waals surface area contributed by atoms with Gasteiger partial charge in [0.15, 0.2) is 0 Å². The highest BCUT2D eigenvalue weighted by atomic mass is 16.4. The average Bonchev–Trinajstić information content (AvgIpc) is 2.65. The maximum absolute atomic E-state index is 11.0. The Morgan fingerprint density at radius 2 is 2.05 bits per heavy atom. The van der Waals surface area contributed by atoms with E-state index in [1.807, 2.05) is 33.0 Å². The zero-order valence-corrected chi connectivity index (χ0v) is 11.5. The molecule has 0 aliphatic rings. The van der Waals surface area contributed by atoms with Gasteiger partial charge in [0, 0.05) is 13.0 Å². The summed E-state index contributed by atoms with van der Waals surface area (Å²) in [5, 5.41) is 12.1. The van der Waals surface area contributed by atoms with Crippen molar-refractivity contribution in [3.63, 3.8) is 0 Å². The fourth-order valence-corrected chi connectivity index (χ4v) is 2.17. The number of hydrogen-bond donors (Lipinski definition) is 2. The third-order valence-corrected chi connectivity index (χ3v) is 3.33. The molecule has 1 aromatic heterocycles. The van der Waals surface area contributed by atoms with Crippen LogP contribution in [0.2, 0.25) is 0 Å². The van der Waals surface area contributed by atoms with E-state index in [9.17, 15) is 4.79 Å². The number of aliphatic carboxylic acids is 1. The molecular formula is C14H19N3O2. The van der Waals surface area contributed by atoms with E-state index in [2.05, 4.69) is 10.3 Å². The molecule has 0 radical (unpaired) electrons. The highest BCUT2D eigenvalue weighted by molar-refractivity contribution is 5.80. The lowest BCUT2D eigenvalue weighted by molar-refractivity contribution is -0.137. The standard InChI is InChI=1S/C14H19N3O2/c1-9-6-11-12(7-10(9)2)17(8-14(18)19)13(16-11)4-5-15-3/h6-7,15H,4-5,8H2,1-3H3,(H,18,19). The SMILES string of the molecule is CNCCc1nc2cc(C)c(C)cc2n1CC(=O)O. The number of rotatable bonds is 5. The molecule has 1 heterocycles. The fraction of sp³-hybridized carbons (Fsp3) is 0.429. The number of fused-ring (bicyclic) bond motifs is 1. The summed E-state index contributed by atoms with van der Waals surface area (Å²) >= 11 is 0. The van der Waals surface area contributed by atoms with Crippen LogP contribution in [0.1, 0.15) is 17.0 Å². The van der Waals surface area contributed by atoms with Crippen molar-refractivity contribution in [2.75, 3.05) is 13.6 Å². The van der Waals surface area contributed by atoms with E-state index in [4.69, 9.17) is 5.11 Å². The summed E-state index contributed by atoms with van der Waals surface area (Å²) in [6.45, 7) is 4.80. The van der Waals surface area contributed by atoms with E-state index in [1.54, 1.807) is 4.57 Å². The Balaban J connectivity index is 2.55. The van der Waals surface area contributed by atoms with Crippen molar-refractivity contribution in [2.24, 2.45) is 0 Å². The number of nitrogens with zero attached hydrogens (tertiary/aromatic N) is 2. The summed E-state index contributed by atoms with van der Waals surface area (Å²) in [4.78, 5) is 15.6. The molecule has 0 spiro atoms. The van der Waals surface area contributed by atoms with Crippen LogP contribution in [-0.4, -0.2) is 34.2 Å². The zero-order valence-electron chi connectivity index (χ0n) is 11.5. The van der Waals surface area contributed by atoms with E-state index < -0.39 is 5.97 Å². The van der Waals surface area contributed by atoms with Gasteiger partial charge in [0.25, 0.3) is 0 Å². The molecule has 0 amide bonds. The Morgan fingerprint density at radius 3 is 2.68 bits per heavy atom. The number of imidazole rings is 1. The zero-order chi connectivity index (χ0) is 14.0. The Bertz CT molecular complexity index is 617. The molecule has 0 aliphatic carbocycles. The van der Waals surface area contributed by atoms with E-state index in [0.717, 1.165) is 35.4 Å². The summed E-state index contributed by atoms with van der Waals surface area (Å²) in [5.41, 5.74) is 4.10. The summed E-state index contributed by atoms with van der Waals surface area (Å²) in [6.07, 6.45) is 0.719. The van der Waals surface area contributed by atoms with E-state index in [1.165, 1.54) is 5.56 Å². The molecular weight excluding hydrogens is 242 g/mol. The van der Waals surface area contributed by atoms with Crippen molar-refractivity contribution < 1.29 is 9.90 Å². The van der Waals surface area contributed by atoms with Gasteiger partial charge in [-0.3, -0.25) is 4.79 Å². The Hall–Kier alpha value is -1.88. The molecule has 0 fully saturated rings. The molecule has 2 aromatic rings. The quantitative estimate of drug-likeness (QED) is 0.856. The van der Waals surface area contributed by atoms with Gasteiger partial charge in [-0.15, -0.1) is 0 Å². The molecule has 0 saturated carbocycles. The Kier molecular flexibility index (Phi) is 3.85. The van der Waals surface area contributed by atoms with Gasteiger partial charge in [-0.2, -0.15) is 0 Å². The molecule has 0 saturated heterocycles. The van der Waals surface area contributed by atoms with Crippen LogP contribution in [0.3, 0.4) is 0 Å². The summed E-state index contributed by atoms with van der Waals surface area (Å²) in [7, 11) is 1.87. The lowest BCUT2D eigenvalue weighted by atomic mass is 10.1. The van der Waals surface area contributed by atoms with Crippen LogP contribution in [0.15, 0.2) is 12.1 Å². The van der Waals surface area contributed by atoms with Crippen LogP contribution < -0.4 is 5.32 Å². The van der Waals surface area contributed by atoms with Gasteiger partial charge in [-0.25, -0.2) is 4.98 Å². The third-order valence-electron chi connectivity index (χ3n) is 3.33. The number of likely N-dealkylation sites (N-methyl/N-ethyl adjacent to an activating group) is 1. The molecule has 2 rings (SSSR count). The minimum atomic E-state index is -0.844. The summed E-state index contributed by atoms with van der Waals surface area (Å²) in [5.74, 6) is -0.0278. The van der Waals surface area contributed by atoms with Crippen molar-refractivity contribution in [3.8, 4) is 0 Å². The minimum Gasteiger partial charge on any atom is -0.480 e. The number of aromatic nitrogens is 2. The molecule has 5 nitrogen and oxygen atoms in total. The lowest BCUT2D eigenvalue weighted by Gasteiger charge is -2.07. The first-order valence-corrected chi connectivity index (χ1v) is 6.35. The van der Waals surface area contributed by atoms with Crippen LogP contribution in [0, 0.1) is 13.8 Å². The van der Waals surface area contributed by atoms with E-state index in [-0.39, 0.29) is 6.54 Å². The van der Waals surface area contributed by atoms with Gasteiger partial charge < -0.3 is 15.0 Å². The fourth-order valence-electron chi connectivity index (χ4n) is 2.17. The van der Waals surface area contributed by atoms with Crippen LogP contribution >= 0.6 is 0 Å². The van der Waals surface area contributed by atoms with Crippen LogP contribution in [0.5, 0.6) is 0 Å². The Labute approximate surface area is 112 Å².